The second kappa shape index (κ2) is 10.5. The van der Waals surface area contributed by atoms with Gasteiger partial charge in [0.2, 0.25) is 0 Å². The second-order valence-electron chi connectivity index (χ2n) is 9.74. The van der Waals surface area contributed by atoms with Gasteiger partial charge in [-0.05, 0) is 71.7 Å². The van der Waals surface area contributed by atoms with E-state index in [1.54, 1.807) is 6.07 Å². The smallest absolute Gasteiger partial charge is 0.206 e. The Bertz CT molecular complexity index is 1120. The van der Waals surface area contributed by atoms with Crippen LogP contribution in [0.15, 0.2) is 48.5 Å². The molecule has 0 atom stereocenters. The van der Waals surface area contributed by atoms with E-state index < -0.39 is 17.6 Å². The minimum Gasteiger partial charge on any atom is -0.206 e. The number of rotatable bonds is 7. The molecule has 0 heterocycles. The predicted octanol–water partition coefficient (Wildman–Crippen LogP) is 9.07. The fraction of sp³-hybridized carbons (Fsp3) is 0.448. The zero-order valence-electron chi connectivity index (χ0n) is 19.5. The molecule has 0 aliphatic heterocycles. The van der Waals surface area contributed by atoms with Gasteiger partial charge in [-0.2, -0.15) is 13.2 Å². The molecule has 1 saturated carbocycles. The first-order chi connectivity index (χ1) is 16.2. The van der Waals surface area contributed by atoms with Crippen LogP contribution in [0.25, 0.3) is 10.8 Å². The third-order valence-electron chi connectivity index (χ3n) is 7.51. The van der Waals surface area contributed by atoms with E-state index in [0.29, 0.717) is 16.5 Å². The Morgan fingerprint density at radius 1 is 0.765 bits per heavy atom. The van der Waals surface area contributed by atoms with Crippen molar-refractivity contribution < 1.29 is 22.0 Å². The van der Waals surface area contributed by atoms with E-state index in [9.17, 15) is 17.6 Å². The Balaban J connectivity index is 1.39. The van der Waals surface area contributed by atoms with Gasteiger partial charge in [0.05, 0.1) is 5.56 Å². The summed E-state index contributed by atoms with van der Waals surface area (Å²) in [4.78, 5) is 0. The Labute approximate surface area is 198 Å². The summed E-state index contributed by atoms with van der Waals surface area (Å²) in [6.45, 7) is 2.28. The van der Waals surface area contributed by atoms with Crippen LogP contribution in [0.3, 0.4) is 0 Å². The Morgan fingerprint density at radius 3 is 2.12 bits per heavy atom. The maximum atomic E-state index is 15.1. The van der Waals surface area contributed by atoms with Crippen molar-refractivity contribution in [3.8, 4) is 0 Å². The lowest BCUT2D eigenvalue weighted by Gasteiger charge is -2.27. The summed E-state index contributed by atoms with van der Waals surface area (Å²) in [7, 11) is 0. The molecule has 1 aliphatic carbocycles. The van der Waals surface area contributed by atoms with E-state index >= 15 is 4.39 Å². The summed E-state index contributed by atoms with van der Waals surface area (Å²) in [6, 6.07) is 12.4. The lowest BCUT2D eigenvalue weighted by molar-refractivity contribution is -0.140. The molecule has 0 N–H and O–H groups in total. The van der Waals surface area contributed by atoms with Gasteiger partial charge in [0.15, 0.2) is 0 Å². The van der Waals surface area contributed by atoms with Gasteiger partial charge in [0, 0.05) is 5.39 Å². The highest BCUT2D eigenvalue weighted by Crippen LogP contribution is 2.34. The van der Waals surface area contributed by atoms with Crippen molar-refractivity contribution in [3.05, 3.63) is 82.4 Å². The highest BCUT2D eigenvalue weighted by molar-refractivity contribution is 5.84. The molecule has 0 spiro atoms. The van der Waals surface area contributed by atoms with Gasteiger partial charge in [-0.3, -0.25) is 0 Å². The lowest BCUT2D eigenvalue weighted by Crippen LogP contribution is -2.14. The number of hydrogen-bond donors (Lipinski definition) is 0. The zero-order chi connectivity index (χ0) is 24.3. The first-order valence-corrected chi connectivity index (χ1v) is 12.3. The van der Waals surface area contributed by atoms with Crippen LogP contribution < -0.4 is 0 Å². The van der Waals surface area contributed by atoms with Gasteiger partial charge in [0.25, 0.3) is 0 Å². The predicted molar refractivity (Wildman–Crippen MR) is 127 cm³/mol. The topological polar surface area (TPSA) is 0 Å². The molecule has 0 unspecified atom stereocenters. The molecule has 1 fully saturated rings. The van der Waals surface area contributed by atoms with E-state index in [2.05, 4.69) is 13.0 Å². The van der Waals surface area contributed by atoms with Gasteiger partial charge >= 0.3 is 6.18 Å². The number of fused-ring (bicyclic) bond motifs is 1. The van der Waals surface area contributed by atoms with Crippen LogP contribution >= 0.6 is 0 Å². The van der Waals surface area contributed by atoms with Gasteiger partial charge < -0.3 is 0 Å². The van der Waals surface area contributed by atoms with Gasteiger partial charge in [-0.1, -0.05) is 75.4 Å². The molecule has 3 aromatic rings. The maximum Gasteiger partial charge on any atom is 0.419 e. The summed E-state index contributed by atoms with van der Waals surface area (Å²) in [5.74, 6) is 0.0734. The quantitative estimate of drug-likeness (QED) is 0.300. The summed E-state index contributed by atoms with van der Waals surface area (Å²) < 4.78 is 67.2. The van der Waals surface area contributed by atoms with Crippen molar-refractivity contribution in [1.82, 2.24) is 0 Å². The SMILES string of the molecule is CCC1CCC(CCc2ccc3c(F)c(CCc4ccc(C(F)(F)F)c(F)c4)ccc3c2)CC1. The molecule has 0 nitrogen and oxygen atoms in total. The van der Waals surface area contributed by atoms with Crippen LogP contribution in [0.2, 0.25) is 0 Å². The van der Waals surface area contributed by atoms with Gasteiger partial charge in [-0.25, -0.2) is 8.78 Å². The first-order valence-electron chi connectivity index (χ1n) is 12.3. The summed E-state index contributed by atoms with van der Waals surface area (Å²) in [5, 5.41) is 1.40. The van der Waals surface area contributed by atoms with Crippen molar-refractivity contribution in [2.45, 2.75) is 70.9 Å². The van der Waals surface area contributed by atoms with Crippen molar-refractivity contribution in [2.24, 2.45) is 11.8 Å². The molecule has 0 saturated heterocycles. The molecule has 1 aliphatic rings. The van der Waals surface area contributed by atoms with Crippen LogP contribution in [0.1, 0.15) is 67.7 Å². The fourth-order valence-electron chi connectivity index (χ4n) is 5.26. The highest BCUT2D eigenvalue weighted by Gasteiger charge is 2.33. The standard InChI is InChI=1S/C29H31F5/c1-2-19-3-5-20(6-4-19)7-8-21-10-15-25-24(17-21)14-13-23(28(25)31)12-9-22-11-16-26(27(30)18-22)29(32,33)34/h10-11,13-20H,2-9,12H2,1H3. The molecule has 3 aromatic carbocycles. The first kappa shape index (κ1) is 24.7. The normalized spacial score (nSPS) is 19.0. The third kappa shape index (κ3) is 5.79. The van der Waals surface area contributed by atoms with Crippen molar-refractivity contribution in [2.75, 3.05) is 0 Å². The second-order valence-corrected chi connectivity index (χ2v) is 9.74. The van der Waals surface area contributed by atoms with E-state index in [-0.39, 0.29) is 18.7 Å². The number of aryl methyl sites for hydroxylation is 3. The lowest BCUT2D eigenvalue weighted by atomic mass is 9.78. The molecular formula is C29H31F5. The van der Waals surface area contributed by atoms with Crippen molar-refractivity contribution in [1.29, 1.82) is 0 Å². The number of benzene rings is 3. The number of halogens is 5. The van der Waals surface area contributed by atoms with Crippen molar-refractivity contribution in [3.63, 3.8) is 0 Å². The average molecular weight is 475 g/mol. The summed E-state index contributed by atoms with van der Waals surface area (Å²) >= 11 is 0. The molecule has 4 rings (SSSR count). The van der Waals surface area contributed by atoms with Crippen LogP contribution in [0, 0.1) is 23.5 Å². The van der Waals surface area contributed by atoms with E-state index in [4.69, 9.17) is 0 Å². The molecule has 182 valence electrons. The highest BCUT2D eigenvalue weighted by atomic mass is 19.4. The molecule has 0 radical (unpaired) electrons. The third-order valence-corrected chi connectivity index (χ3v) is 7.51. The summed E-state index contributed by atoms with van der Waals surface area (Å²) in [5.41, 5.74) is 0.830. The Morgan fingerprint density at radius 2 is 1.44 bits per heavy atom. The van der Waals surface area contributed by atoms with E-state index in [1.807, 2.05) is 18.2 Å². The summed E-state index contributed by atoms with van der Waals surface area (Å²) in [6.07, 6.45) is 4.58. The average Bonchev–Trinajstić information content (AvgIpc) is 2.82. The molecular weight excluding hydrogens is 443 g/mol. The largest absolute Gasteiger partial charge is 0.419 e. The molecule has 0 aromatic heterocycles. The molecule has 0 amide bonds. The Hall–Kier alpha value is -2.43. The minimum atomic E-state index is -4.72. The number of alkyl halides is 3. The molecule has 34 heavy (non-hydrogen) atoms. The molecule has 0 bridgehead atoms. The van der Waals surface area contributed by atoms with Crippen LogP contribution in [0.5, 0.6) is 0 Å². The minimum absolute atomic E-state index is 0.260. The van der Waals surface area contributed by atoms with E-state index in [0.717, 1.165) is 35.8 Å². The van der Waals surface area contributed by atoms with Crippen molar-refractivity contribution >= 4 is 10.8 Å². The molecule has 5 heteroatoms. The maximum absolute atomic E-state index is 15.1. The van der Waals surface area contributed by atoms with Gasteiger partial charge in [-0.15, -0.1) is 0 Å². The zero-order valence-corrected chi connectivity index (χ0v) is 19.5. The van der Waals surface area contributed by atoms with Crippen LogP contribution in [-0.4, -0.2) is 0 Å². The van der Waals surface area contributed by atoms with Gasteiger partial charge in [0.1, 0.15) is 11.6 Å². The number of hydrogen-bond acceptors (Lipinski definition) is 0. The monoisotopic (exact) mass is 474 g/mol. The van der Waals surface area contributed by atoms with E-state index in [1.165, 1.54) is 50.2 Å². The van der Waals surface area contributed by atoms with Crippen LogP contribution in [-0.2, 0) is 25.4 Å². The van der Waals surface area contributed by atoms with Crippen LogP contribution in [0.4, 0.5) is 22.0 Å². The fourth-order valence-corrected chi connectivity index (χ4v) is 5.26. The Kier molecular flexibility index (Phi) is 7.59.